The van der Waals surface area contributed by atoms with Crippen molar-refractivity contribution in [2.45, 2.75) is 24.5 Å². The Labute approximate surface area is 248 Å². The lowest BCUT2D eigenvalue weighted by Crippen LogP contribution is -2.53. The summed E-state index contributed by atoms with van der Waals surface area (Å²) in [6.45, 7) is 1.52. The maximum Gasteiger partial charge on any atom is 0.119 e. The fourth-order valence-electron chi connectivity index (χ4n) is 6.03. The van der Waals surface area contributed by atoms with Crippen molar-refractivity contribution in [2.24, 2.45) is 0 Å². The highest BCUT2D eigenvalue weighted by atomic mass is 16.5. The van der Waals surface area contributed by atoms with E-state index in [1.807, 2.05) is 12.1 Å². The lowest BCUT2D eigenvalue weighted by atomic mass is 9.76. The van der Waals surface area contributed by atoms with Crippen molar-refractivity contribution >= 4 is 10.9 Å². The topological polar surface area (TPSA) is 49.1 Å². The number of nitrogens with one attached hydrogen (secondary N) is 3. The molecule has 0 radical (unpaired) electrons. The van der Waals surface area contributed by atoms with Gasteiger partial charge in [-0.25, -0.2) is 0 Å². The first-order valence-corrected chi connectivity index (χ1v) is 14.6. The fourth-order valence-corrected chi connectivity index (χ4v) is 6.03. The van der Waals surface area contributed by atoms with E-state index < -0.39 is 5.54 Å². The van der Waals surface area contributed by atoms with Gasteiger partial charge in [-0.05, 0) is 52.4 Å². The SMILES string of the molecule is COc1cccc(CNCC(Cc2c[nH]c3ccccc23)NC(c2ccccc2)(c2ccccc2)c2ccccc2)c1. The molecule has 5 aromatic carbocycles. The molecule has 1 atom stereocenters. The average Bonchev–Trinajstić information content (AvgIpc) is 3.47. The van der Waals surface area contributed by atoms with Crippen LogP contribution in [0.5, 0.6) is 5.75 Å². The van der Waals surface area contributed by atoms with Gasteiger partial charge in [-0.3, -0.25) is 5.32 Å². The molecule has 6 rings (SSSR count). The van der Waals surface area contributed by atoms with Crippen LogP contribution in [0, 0.1) is 0 Å². The molecular formula is C38H37N3O. The second kappa shape index (κ2) is 12.9. The van der Waals surface area contributed by atoms with E-state index in [4.69, 9.17) is 4.74 Å². The summed E-state index contributed by atoms with van der Waals surface area (Å²) in [6, 6.07) is 49.4. The number of hydrogen-bond donors (Lipinski definition) is 3. The van der Waals surface area contributed by atoms with Gasteiger partial charge in [0.05, 0.1) is 12.6 Å². The van der Waals surface area contributed by atoms with Crippen LogP contribution in [0.3, 0.4) is 0 Å². The Morgan fingerprint density at radius 3 is 1.90 bits per heavy atom. The highest BCUT2D eigenvalue weighted by molar-refractivity contribution is 5.83. The minimum absolute atomic E-state index is 0.0930. The third-order valence-electron chi connectivity index (χ3n) is 8.04. The van der Waals surface area contributed by atoms with E-state index in [1.54, 1.807) is 7.11 Å². The molecule has 42 heavy (non-hydrogen) atoms. The van der Waals surface area contributed by atoms with E-state index in [2.05, 4.69) is 149 Å². The van der Waals surface area contributed by atoms with E-state index in [1.165, 1.54) is 33.2 Å². The number of rotatable bonds is 12. The largest absolute Gasteiger partial charge is 0.497 e. The highest BCUT2D eigenvalue weighted by Gasteiger charge is 2.38. The van der Waals surface area contributed by atoms with Crippen LogP contribution in [-0.4, -0.2) is 24.7 Å². The quantitative estimate of drug-likeness (QED) is 0.138. The summed E-state index contributed by atoms with van der Waals surface area (Å²) in [6.07, 6.45) is 3.01. The predicted octanol–water partition coefficient (Wildman–Crippen LogP) is 7.46. The Bertz CT molecular complexity index is 1600. The van der Waals surface area contributed by atoms with Crippen LogP contribution in [0.25, 0.3) is 10.9 Å². The number of benzene rings is 5. The Hall–Kier alpha value is -4.64. The van der Waals surface area contributed by atoms with Crippen molar-refractivity contribution in [3.05, 3.63) is 174 Å². The summed E-state index contributed by atoms with van der Waals surface area (Å²) in [7, 11) is 1.71. The molecule has 6 aromatic rings. The van der Waals surface area contributed by atoms with Crippen LogP contribution in [0.15, 0.2) is 146 Å². The molecule has 0 amide bonds. The van der Waals surface area contributed by atoms with Gasteiger partial charge >= 0.3 is 0 Å². The van der Waals surface area contributed by atoms with Gasteiger partial charge in [0, 0.05) is 36.2 Å². The Balaban J connectivity index is 1.41. The fraction of sp³-hybridized carbons (Fsp3) is 0.158. The molecule has 210 valence electrons. The maximum atomic E-state index is 5.46. The van der Waals surface area contributed by atoms with Crippen LogP contribution >= 0.6 is 0 Å². The molecule has 0 bridgehead atoms. The number of hydrogen-bond acceptors (Lipinski definition) is 3. The van der Waals surface area contributed by atoms with Crippen molar-refractivity contribution in [2.75, 3.05) is 13.7 Å². The molecule has 0 fully saturated rings. The van der Waals surface area contributed by atoms with E-state index in [0.29, 0.717) is 0 Å². The van der Waals surface area contributed by atoms with Crippen LogP contribution in [0.2, 0.25) is 0 Å². The summed E-state index contributed by atoms with van der Waals surface area (Å²) in [5, 5.41) is 9.26. The van der Waals surface area contributed by atoms with Gasteiger partial charge in [0.25, 0.3) is 0 Å². The first-order chi connectivity index (χ1) is 20.8. The number of H-pyrrole nitrogens is 1. The molecular weight excluding hydrogens is 514 g/mol. The van der Waals surface area contributed by atoms with Crippen LogP contribution in [0.1, 0.15) is 27.8 Å². The monoisotopic (exact) mass is 551 g/mol. The number of aromatic nitrogens is 1. The average molecular weight is 552 g/mol. The van der Waals surface area contributed by atoms with E-state index >= 15 is 0 Å². The number of methoxy groups -OCH3 is 1. The molecule has 0 aliphatic carbocycles. The van der Waals surface area contributed by atoms with E-state index in [-0.39, 0.29) is 6.04 Å². The van der Waals surface area contributed by atoms with Crippen molar-refractivity contribution in [1.29, 1.82) is 0 Å². The van der Waals surface area contributed by atoms with Crippen molar-refractivity contribution in [3.63, 3.8) is 0 Å². The number of ether oxygens (including phenoxy) is 1. The van der Waals surface area contributed by atoms with Crippen LogP contribution < -0.4 is 15.4 Å². The van der Waals surface area contributed by atoms with Gasteiger partial charge in [-0.15, -0.1) is 0 Å². The molecule has 0 aliphatic rings. The van der Waals surface area contributed by atoms with Gasteiger partial charge in [0.1, 0.15) is 5.75 Å². The third-order valence-corrected chi connectivity index (χ3v) is 8.04. The Morgan fingerprint density at radius 1 is 0.690 bits per heavy atom. The van der Waals surface area contributed by atoms with Gasteiger partial charge in [0.2, 0.25) is 0 Å². The predicted molar refractivity (Wildman–Crippen MR) is 173 cm³/mol. The maximum absolute atomic E-state index is 5.46. The molecule has 1 heterocycles. The summed E-state index contributed by atoms with van der Waals surface area (Å²) < 4.78 is 5.46. The van der Waals surface area contributed by atoms with Crippen LogP contribution in [0.4, 0.5) is 0 Å². The minimum Gasteiger partial charge on any atom is -0.497 e. The van der Waals surface area contributed by atoms with Crippen molar-refractivity contribution in [3.8, 4) is 5.75 Å². The molecule has 4 nitrogen and oxygen atoms in total. The van der Waals surface area contributed by atoms with Crippen LogP contribution in [-0.2, 0) is 18.5 Å². The lowest BCUT2D eigenvalue weighted by molar-refractivity contribution is 0.372. The summed E-state index contributed by atoms with van der Waals surface area (Å²) >= 11 is 0. The zero-order valence-corrected chi connectivity index (χ0v) is 24.0. The molecule has 1 aromatic heterocycles. The zero-order valence-electron chi connectivity index (χ0n) is 24.0. The summed E-state index contributed by atoms with van der Waals surface area (Å²) in [4.78, 5) is 3.48. The first kappa shape index (κ1) is 27.5. The summed E-state index contributed by atoms with van der Waals surface area (Å²) in [5.41, 5.74) is 6.72. The van der Waals surface area contributed by atoms with Crippen molar-refractivity contribution < 1.29 is 4.74 Å². The normalized spacial score (nSPS) is 12.3. The summed E-state index contributed by atoms with van der Waals surface area (Å²) in [5.74, 6) is 0.874. The second-order valence-electron chi connectivity index (χ2n) is 10.7. The van der Waals surface area contributed by atoms with Gasteiger partial charge in [0.15, 0.2) is 0 Å². The molecule has 0 aliphatic heterocycles. The van der Waals surface area contributed by atoms with E-state index in [0.717, 1.165) is 30.8 Å². The molecule has 3 N–H and O–H groups in total. The van der Waals surface area contributed by atoms with Gasteiger partial charge in [-0.2, -0.15) is 0 Å². The second-order valence-corrected chi connectivity index (χ2v) is 10.7. The number of fused-ring (bicyclic) bond motifs is 1. The Morgan fingerprint density at radius 2 is 1.29 bits per heavy atom. The first-order valence-electron chi connectivity index (χ1n) is 14.6. The van der Waals surface area contributed by atoms with Gasteiger partial charge in [-0.1, -0.05) is 121 Å². The zero-order chi connectivity index (χ0) is 28.6. The highest BCUT2D eigenvalue weighted by Crippen LogP contribution is 2.37. The van der Waals surface area contributed by atoms with E-state index in [9.17, 15) is 0 Å². The minimum atomic E-state index is -0.557. The standard InChI is InChI=1S/C38H37N3O/c1-42-35-21-13-14-29(24-35)26-39-28-34(25-30-27-40-37-23-12-11-22-36(30)37)41-38(31-15-5-2-6-16-31,32-17-7-3-8-18-32)33-19-9-4-10-20-33/h2-24,27,34,39-41H,25-26,28H2,1H3. The number of para-hydroxylation sites is 1. The Kier molecular flexibility index (Phi) is 8.46. The molecule has 1 unspecified atom stereocenters. The third kappa shape index (κ3) is 5.87. The molecule has 0 saturated heterocycles. The van der Waals surface area contributed by atoms with Crippen molar-refractivity contribution in [1.82, 2.24) is 15.6 Å². The molecule has 0 spiro atoms. The lowest BCUT2D eigenvalue weighted by Gasteiger charge is -2.40. The smallest absolute Gasteiger partial charge is 0.119 e. The van der Waals surface area contributed by atoms with Gasteiger partial charge < -0.3 is 15.0 Å². The molecule has 4 heteroatoms. The molecule has 0 saturated carbocycles. The number of aromatic amines is 1.